The Balaban J connectivity index is 1.49. The summed E-state index contributed by atoms with van der Waals surface area (Å²) < 4.78 is 25.5. The third-order valence-electron chi connectivity index (χ3n) is 5.21. The monoisotopic (exact) mass is 382 g/mol. The highest BCUT2D eigenvalue weighted by molar-refractivity contribution is 7.98. The lowest BCUT2D eigenvalue weighted by molar-refractivity contribution is -0.122. The average Bonchev–Trinajstić information content (AvgIpc) is 2.86. The fraction of sp³-hybridized carbons (Fsp3) is 0.611. The van der Waals surface area contributed by atoms with Crippen LogP contribution in [0.1, 0.15) is 37.7 Å². The number of carbonyl (C=O) groups excluding carboxylic acids is 1. The van der Waals surface area contributed by atoms with Gasteiger partial charge in [-0.3, -0.25) is 4.79 Å². The van der Waals surface area contributed by atoms with E-state index in [1.165, 1.54) is 16.7 Å². The highest BCUT2D eigenvalue weighted by Gasteiger charge is 2.45. The zero-order valence-corrected chi connectivity index (χ0v) is 16.4. The number of rotatable bonds is 6. The molecular weight excluding hydrogens is 356 g/mol. The molecule has 2 saturated heterocycles. The van der Waals surface area contributed by atoms with E-state index in [1.807, 2.05) is 6.26 Å². The zero-order chi connectivity index (χ0) is 18.0. The Bertz CT molecular complexity index is 704. The molecule has 25 heavy (non-hydrogen) atoms. The van der Waals surface area contributed by atoms with E-state index < -0.39 is 10.0 Å². The molecule has 2 bridgehead atoms. The predicted octanol–water partition coefficient (Wildman–Crippen LogP) is 2.41. The molecule has 2 aliphatic rings. The summed E-state index contributed by atoms with van der Waals surface area (Å²) >= 11 is 1.71. The number of aryl methyl sites for hydroxylation is 1. The van der Waals surface area contributed by atoms with Gasteiger partial charge < -0.3 is 5.32 Å². The zero-order valence-electron chi connectivity index (χ0n) is 14.8. The topological polar surface area (TPSA) is 66.5 Å². The van der Waals surface area contributed by atoms with Crippen LogP contribution in [0.5, 0.6) is 0 Å². The SMILES string of the molecule is CSc1ccc(CCC(=O)NC2CC3CCC(C2)N3S(C)(=O)=O)cc1. The number of piperidine rings is 1. The van der Waals surface area contributed by atoms with Gasteiger partial charge in [0.2, 0.25) is 15.9 Å². The Hall–Kier alpha value is -1.05. The summed E-state index contributed by atoms with van der Waals surface area (Å²) in [6.07, 6.45) is 7.83. The van der Waals surface area contributed by atoms with Crippen molar-refractivity contribution in [3.8, 4) is 0 Å². The van der Waals surface area contributed by atoms with Crippen LogP contribution in [0.4, 0.5) is 0 Å². The van der Waals surface area contributed by atoms with E-state index in [0.717, 1.165) is 32.1 Å². The van der Waals surface area contributed by atoms with Gasteiger partial charge in [-0.15, -0.1) is 11.8 Å². The van der Waals surface area contributed by atoms with Crippen LogP contribution >= 0.6 is 11.8 Å². The maximum Gasteiger partial charge on any atom is 0.220 e. The van der Waals surface area contributed by atoms with Gasteiger partial charge in [-0.1, -0.05) is 12.1 Å². The number of nitrogens with one attached hydrogen (secondary N) is 1. The van der Waals surface area contributed by atoms with Crippen molar-refractivity contribution >= 4 is 27.7 Å². The number of nitrogens with zero attached hydrogens (tertiary/aromatic N) is 1. The molecule has 1 aromatic rings. The van der Waals surface area contributed by atoms with Gasteiger partial charge in [-0.2, -0.15) is 4.31 Å². The number of thioether (sulfide) groups is 1. The molecule has 2 atom stereocenters. The van der Waals surface area contributed by atoms with Crippen LogP contribution in [0.3, 0.4) is 0 Å². The second-order valence-electron chi connectivity index (χ2n) is 7.06. The van der Waals surface area contributed by atoms with Crippen LogP contribution in [0.25, 0.3) is 0 Å². The van der Waals surface area contributed by atoms with Crippen molar-refractivity contribution in [3.05, 3.63) is 29.8 Å². The smallest absolute Gasteiger partial charge is 0.220 e. The van der Waals surface area contributed by atoms with Gasteiger partial charge in [-0.05, 0) is 56.1 Å². The molecule has 1 N–H and O–H groups in total. The Morgan fingerprint density at radius 1 is 1.20 bits per heavy atom. The molecule has 0 radical (unpaired) electrons. The van der Waals surface area contributed by atoms with E-state index in [4.69, 9.17) is 0 Å². The fourth-order valence-electron chi connectivity index (χ4n) is 4.14. The van der Waals surface area contributed by atoms with Gasteiger partial charge in [0, 0.05) is 29.4 Å². The van der Waals surface area contributed by atoms with Crippen LogP contribution < -0.4 is 5.32 Å². The number of carbonyl (C=O) groups is 1. The number of sulfonamides is 1. The van der Waals surface area contributed by atoms with Crippen molar-refractivity contribution in [2.45, 2.75) is 61.5 Å². The average molecular weight is 383 g/mol. The first-order valence-electron chi connectivity index (χ1n) is 8.77. The summed E-state index contributed by atoms with van der Waals surface area (Å²) in [5.41, 5.74) is 1.17. The van der Waals surface area contributed by atoms with Crippen molar-refractivity contribution in [2.24, 2.45) is 0 Å². The number of benzene rings is 1. The number of amides is 1. The number of hydrogen-bond acceptors (Lipinski definition) is 4. The maximum atomic E-state index is 12.3. The van der Waals surface area contributed by atoms with E-state index in [1.54, 1.807) is 16.1 Å². The first-order chi connectivity index (χ1) is 11.9. The second-order valence-corrected chi connectivity index (χ2v) is 9.83. The molecule has 2 unspecified atom stereocenters. The van der Waals surface area contributed by atoms with E-state index in [-0.39, 0.29) is 24.0 Å². The molecule has 2 aliphatic heterocycles. The summed E-state index contributed by atoms with van der Waals surface area (Å²) in [5, 5.41) is 3.12. The van der Waals surface area contributed by atoms with Crippen molar-refractivity contribution in [1.29, 1.82) is 0 Å². The third kappa shape index (κ3) is 4.57. The normalized spacial score (nSPS) is 26.6. The molecule has 7 heteroatoms. The molecule has 0 aromatic heterocycles. The van der Waals surface area contributed by atoms with Crippen molar-refractivity contribution in [3.63, 3.8) is 0 Å². The lowest BCUT2D eigenvalue weighted by Gasteiger charge is -2.37. The predicted molar refractivity (Wildman–Crippen MR) is 101 cm³/mol. The Labute approximate surface area is 154 Å². The lowest BCUT2D eigenvalue weighted by Crippen LogP contribution is -2.52. The molecule has 138 valence electrons. The van der Waals surface area contributed by atoms with E-state index >= 15 is 0 Å². The van der Waals surface area contributed by atoms with Gasteiger partial charge in [0.05, 0.1) is 6.26 Å². The molecule has 3 rings (SSSR count). The van der Waals surface area contributed by atoms with Crippen molar-refractivity contribution in [2.75, 3.05) is 12.5 Å². The molecule has 1 aromatic carbocycles. The summed E-state index contributed by atoms with van der Waals surface area (Å²) in [6, 6.07) is 8.51. The van der Waals surface area contributed by atoms with Gasteiger partial charge in [0.1, 0.15) is 0 Å². The summed E-state index contributed by atoms with van der Waals surface area (Å²) in [4.78, 5) is 13.5. The van der Waals surface area contributed by atoms with Crippen molar-refractivity contribution < 1.29 is 13.2 Å². The van der Waals surface area contributed by atoms with E-state index in [9.17, 15) is 13.2 Å². The second kappa shape index (κ2) is 7.68. The first kappa shape index (κ1) is 18.7. The molecule has 5 nitrogen and oxygen atoms in total. The van der Waals surface area contributed by atoms with Gasteiger partial charge in [0.25, 0.3) is 0 Å². The van der Waals surface area contributed by atoms with E-state index in [2.05, 4.69) is 29.6 Å². The quantitative estimate of drug-likeness (QED) is 0.768. The minimum Gasteiger partial charge on any atom is -0.353 e. The molecule has 0 spiro atoms. The molecule has 1 amide bonds. The summed E-state index contributed by atoms with van der Waals surface area (Å²) in [5.74, 6) is 0.0612. The molecule has 0 saturated carbocycles. The summed E-state index contributed by atoms with van der Waals surface area (Å²) in [6.45, 7) is 0. The number of fused-ring (bicyclic) bond motifs is 2. The van der Waals surface area contributed by atoms with Crippen molar-refractivity contribution in [1.82, 2.24) is 9.62 Å². The first-order valence-corrected chi connectivity index (χ1v) is 11.8. The van der Waals surface area contributed by atoms with Gasteiger partial charge >= 0.3 is 0 Å². The van der Waals surface area contributed by atoms with E-state index in [0.29, 0.717) is 6.42 Å². The lowest BCUT2D eigenvalue weighted by atomic mass is 9.99. The van der Waals surface area contributed by atoms with Crippen LogP contribution in [0.15, 0.2) is 29.2 Å². The molecule has 2 heterocycles. The standard InChI is InChI=1S/C18H26N2O3S2/c1-24-17-8-3-13(4-9-17)5-10-18(21)19-14-11-15-6-7-16(12-14)20(15)25(2,22)23/h3-4,8-9,14-16H,5-7,10-12H2,1-2H3,(H,19,21). The van der Waals surface area contributed by atoms with Gasteiger partial charge in [0.15, 0.2) is 0 Å². The highest BCUT2D eigenvalue weighted by Crippen LogP contribution is 2.37. The number of hydrogen-bond donors (Lipinski definition) is 1. The molecule has 0 aliphatic carbocycles. The van der Waals surface area contributed by atoms with Crippen LogP contribution in [0, 0.1) is 0 Å². The third-order valence-corrected chi connectivity index (χ3v) is 7.32. The Kier molecular flexibility index (Phi) is 5.75. The highest BCUT2D eigenvalue weighted by atomic mass is 32.2. The van der Waals surface area contributed by atoms with Crippen LogP contribution in [-0.4, -0.2) is 49.3 Å². The van der Waals surface area contributed by atoms with Gasteiger partial charge in [-0.25, -0.2) is 8.42 Å². The molecular formula is C18H26N2O3S2. The van der Waals surface area contributed by atoms with Crippen LogP contribution in [0.2, 0.25) is 0 Å². The fourth-order valence-corrected chi connectivity index (χ4v) is 6.02. The minimum absolute atomic E-state index is 0.0538. The largest absolute Gasteiger partial charge is 0.353 e. The summed E-state index contributed by atoms with van der Waals surface area (Å²) in [7, 11) is -3.15. The van der Waals surface area contributed by atoms with Crippen LogP contribution in [-0.2, 0) is 21.2 Å². The maximum absolute atomic E-state index is 12.3. The Morgan fingerprint density at radius 3 is 2.32 bits per heavy atom. The molecule has 2 fully saturated rings. The Morgan fingerprint density at radius 2 is 1.80 bits per heavy atom. The minimum atomic E-state index is -3.15.